The number of hydrogen-bond acceptors (Lipinski definition) is 2. The first-order valence-corrected chi connectivity index (χ1v) is 11.9. The Labute approximate surface area is 197 Å². The van der Waals surface area contributed by atoms with Crippen LogP contribution in [-0.4, -0.2) is 29.1 Å². The third-order valence-corrected chi connectivity index (χ3v) is 7.62. The van der Waals surface area contributed by atoms with Crippen molar-refractivity contribution in [2.24, 2.45) is 11.3 Å². The molecule has 1 N–H and O–H groups in total. The molecule has 0 bridgehead atoms. The monoisotopic (exact) mass is 487 g/mol. The minimum absolute atomic E-state index is 0.0529. The molecule has 0 radical (unpaired) electrons. The first kappa shape index (κ1) is 21.2. The number of carbonyl (C=O) groups is 1. The maximum Gasteiger partial charge on any atom is 0.312 e. The molecule has 3 aromatic rings. The van der Waals surface area contributed by atoms with Gasteiger partial charge in [-0.2, -0.15) is 0 Å². The fourth-order valence-electron chi connectivity index (χ4n) is 5.73. The average Bonchev–Trinajstić information content (AvgIpc) is 3.20. The fraction of sp³-hybridized carbons (Fsp3) is 0.250. The van der Waals surface area contributed by atoms with Gasteiger partial charge in [-0.15, -0.1) is 0 Å². The normalized spacial score (nSPS) is 25.2. The van der Waals surface area contributed by atoms with Crippen molar-refractivity contribution < 1.29 is 9.90 Å². The highest BCUT2D eigenvalue weighted by atomic mass is 79.9. The molecule has 162 valence electrons. The predicted molar refractivity (Wildman–Crippen MR) is 131 cm³/mol. The van der Waals surface area contributed by atoms with Crippen molar-refractivity contribution in [2.45, 2.75) is 18.9 Å². The predicted octanol–water partition coefficient (Wildman–Crippen LogP) is 6.22. The van der Waals surface area contributed by atoms with Crippen LogP contribution in [-0.2, 0) is 11.3 Å². The van der Waals surface area contributed by atoms with E-state index in [1.54, 1.807) is 0 Å². The summed E-state index contributed by atoms with van der Waals surface area (Å²) in [7, 11) is 0. The van der Waals surface area contributed by atoms with Crippen LogP contribution in [0.15, 0.2) is 95.5 Å². The van der Waals surface area contributed by atoms with Crippen LogP contribution in [0, 0.1) is 11.3 Å². The lowest BCUT2D eigenvalue weighted by Crippen LogP contribution is -2.46. The summed E-state index contributed by atoms with van der Waals surface area (Å²) >= 11 is 3.59. The number of allylic oxidation sites excluding steroid dienone is 1. The van der Waals surface area contributed by atoms with Crippen LogP contribution >= 0.6 is 15.9 Å². The van der Waals surface area contributed by atoms with Gasteiger partial charge in [-0.3, -0.25) is 9.69 Å². The standard InChI is InChI=1S/C28H26BrNO2/c29-23-13-7-12-22(16-23)24-14-15-25(21-10-5-2-6-11-21)28(27(31)32)19-30(18-26(24)28)17-20-8-3-1-4-9-20/h1-14,16,25-26H,15,17-19H2,(H,31,32). The second-order valence-corrected chi connectivity index (χ2v) is 9.84. The summed E-state index contributed by atoms with van der Waals surface area (Å²) in [6, 6.07) is 28.8. The van der Waals surface area contributed by atoms with Gasteiger partial charge in [0.1, 0.15) is 0 Å². The lowest BCUT2D eigenvalue weighted by molar-refractivity contribution is -0.151. The second-order valence-electron chi connectivity index (χ2n) is 8.92. The van der Waals surface area contributed by atoms with Crippen LogP contribution < -0.4 is 0 Å². The minimum Gasteiger partial charge on any atom is -0.481 e. The largest absolute Gasteiger partial charge is 0.481 e. The van der Waals surface area contributed by atoms with E-state index < -0.39 is 11.4 Å². The van der Waals surface area contributed by atoms with Gasteiger partial charge in [0.05, 0.1) is 5.41 Å². The van der Waals surface area contributed by atoms with Gasteiger partial charge in [-0.05, 0) is 40.8 Å². The molecule has 0 saturated carbocycles. The molecule has 1 aliphatic carbocycles. The number of halogens is 1. The quantitative estimate of drug-likeness (QED) is 0.464. The molecule has 3 nitrogen and oxygen atoms in total. The third-order valence-electron chi connectivity index (χ3n) is 7.13. The summed E-state index contributed by atoms with van der Waals surface area (Å²) in [6.07, 6.45) is 3.02. The van der Waals surface area contributed by atoms with Gasteiger partial charge in [-0.25, -0.2) is 0 Å². The van der Waals surface area contributed by atoms with E-state index in [9.17, 15) is 9.90 Å². The highest BCUT2D eigenvalue weighted by Crippen LogP contribution is 2.57. The zero-order valence-electron chi connectivity index (χ0n) is 17.8. The molecule has 3 atom stereocenters. The van der Waals surface area contributed by atoms with Gasteiger partial charge >= 0.3 is 5.97 Å². The minimum atomic E-state index is -0.859. The van der Waals surface area contributed by atoms with Gasteiger partial charge in [-0.1, -0.05) is 94.8 Å². The van der Waals surface area contributed by atoms with Crippen LogP contribution in [0.3, 0.4) is 0 Å². The molecule has 32 heavy (non-hydrogen) atoms. The summed E-state index contributed by atoms with van der Waals surface area (Å²) < 4.78 is 1.01. The molecule has 4 heteroatoms. The molecule has 1 fully saturated rings. The molecule has 1 saturated heterocycles. The van der Waals surface area contributed by atoms with Crippen molar-refractivity contribution in [3.63, 3.8) is 0 Å². The first-order chi connectivity index (χ1) is 15.6. The van der Waals surface area contributed by atoms with E-state index in [2.05, 4.69) is 63.3 Å². The van der Waals surface area contributed by atoms with Crippen molar-refractivity contribution in [3.8, 4) is 0 Å². The van der Waals surface area contributed by atoms with Crippen LogP contribution in [0.4, 0.5) is 0 Å². The van der Waals surface area contributed by atoms with E-state index in [0.29, 0.717) is 6.54 Å². The number of carboxylic acid groups (broad SMARTS) is 1. The lowest BCUT2D eigenvalue weighted by atomic mass is 9.59. The van der Waals surface area contributed by atoms with E-state index in [0.717, 1.165) is 40.7 Å². The second kappa shape index (κ2) is 8.68. The van der Waals surface area contributed by atoms with Crippen LogP contribution in [0.25, 0.3) is 5.57 Å². The Balaban J connectivity index is 1.60. The van der Waals surface area contributed by atoms with Crippen molar-refractivity contribution in [1.29, 1.82) is 0 Å². The zero-order chi connectivity index (χ0) is 22.1. The molecule has 1 aliphatic heterocycles. The molecule has 5 rings (SSSR count). The van der Waals surface area contributed by atoms with Crippen molar-refractivity contribution >= 4 is 27.5 Å². The molecule has 0 amide bonds. The third kappa shape index (κ3) is 3.72. The van der Waals surface area contributed by atoms with E-state index in [1.807, 2.05) is 48.5 Å². The van der Waals surface area contributed by atoms with Crippen molar-refractivity contribution in [2.75, 3.05) is 13.1 Å². The highest BCUT2D eigenvalue weighted by Gasteiger charge is 2.59. The number of likely N-dealkylation sites (tertiary alicyclic amines) is 1. The van der Waals surface area contributed by atoms with Crippen molar-refractivity contribution in [1.82, 2.24) is 4.90 Å². The van der Waals surface area contributed by atoms with Gasteiger partial charge in [0.2, 0.25) is 0 Å². The number of fused-ring (bicyclic) bond motifs is 1. The Morgan fingerprint density at radius 1 is 0.969 bits per heavy atom. The van der Waals surface area contributed by atoms with Gasteiger partial charge in [0.25, 0.3) is 0 Å². The van der Waals surface area contributed by atoms with E-state index in [4.69, 9.17) is 0 Å². The molecule has 3 aromatic carbocycles. The molecule has 2 aliphatic rings. The topological polar surface area (TPSA) is 40.5 Å². The summed E-state index contributed by atoms with van der Waals surface area (Å²) in [5.74, 6) is -0.813. The Bertz CT molecular complexity index is 1140. The smallest absolute Gasteiger partial charge is 0.312 e. The number of carboxylic acids is 1. The average molecular weight is 488 g/mol. The van der Waals surface area contributed by atoms with E-state index in [1.165, 1.54) is 5.56 Å². The molecular weight excluding hydrogens is 462 g/mol. The van der Waals surface area contributed by atoms with Gasteiger partial charge in [0.15, 0.2) is 0 Å². The van der Waals surface area contributed by atoms with Crippen LogP contribution in [0.2, 0.25) is 0 Å². The van der Waals surface area contributed by atoms with Crippen molar-refractivity contribution in [3.05, 3.63) is 112 Å². The summed E-state index contributed by atoms with van der Waals surface area (Å²) in [5, 5.41) is 10.8. The van der Waals surface area contributed by atoms with Crippen LogP contribution in [0.1, 0.15) is 29.0 Å². The van der Waals surface area contributed by atoms with Gasteiger partial charge in [0, 0.05) is 35.9 Å². The summed E-state index contributed by atoms with van der Waals surface area (Å²) in [5.41, 5.74) is 3.75. The summed E-state index contributed by atoms with van der Waals surface area (Å²) in [4.78, 5) is 15.5. The van der Waals surface area contributed by atoms with E-state index in [-0.39, 0.29) is 11.8 Å². The number of rotatable bonds is 5. The number of hydrogen-bond donors (Lipinski definition) is 1. The molecular formula is C28H26BrNO2. The Morgan fingerprint density at radius 3 is 2.38 bits per heavy atom. The number of nitrogens with zero attached hydrogens (tertiary/aromatic N) is 1. The first-order valence-electron chi connectivity index (χ1n) is 11.1. The Kier molecular flexibility index (Phi) is 5.75. The molecule has 3 unspecified atom stereocenters. The number of aliphatic carboxylic acids is 1. The Morgan fingerprint density at radius 2 is 1.69 bits per heavy atom. The SMILES string of the molecule is O=C(O)C12CN(Cc3ccccc3)CC1C(c1cccc(Br)c1)=CCC2c1ccccc1. The van der Waals surface area contributed by atoms with Gasteiger partial charge < -0.3 is 5.11 Å². The maximum atomic E-state index is 13.1. The maximum absolute atomic E-state index is 13.1. The van der Waals surface area contributed by atoms with Crippen LogP contribution in [0.5, 0.6) is 0 Å². The highest BCUT2D eigenvalue weighted by molar-refractivity contribution is 9.10. The number of benzene rings is 3. The lowest BCUT2D eigenvalue weighted by Gasteiger charge is -2.42. The zero-order valence-corrected chi connectivity index (χ0v) is 19.4. The van der Waals surface area contributed by atoms with E-state index >= 15 is 0 Å². The molecule has 1 heterocycles. The summed E-state index contributed by atoms with van der Waals surface area (Å²) in [6.45, 7) is 2.05. The molecule has 0 aromatic heterocycles. The molecule has 0 spiro atoms. The Hall–Kier alpha value is -2.69. The fourth-order valence-corrected chi connectivity index (χ4v) is 6.13.